The van der Waals surface area contributed by atoms with Crippen molar-refractivity contribution >= 4 is 17.5 Å². The van der Waals surface area contributed by atoms with Gasteiger partial charge in [0.05, 0.1) is 12.6 Å². The Kier molecular flexibility index (Phi) is 6.03. The van der Waals surface area contributed by atoms with E-state index >= 15 is 0 Å². The van der Waals surface area contributed by atoms with Crippen LogP contribution in [-0.4, -0.2) is 34.6 Å². The molecule has 2 rings (SSSR count). The number of anilines is 1. The van der Waals surface area contributed by atoms with E-state index in [2.05, 4.69) is 15.6 Å². The summed E-state index contributed by atoms with van der Waals surface area (Å²) >= 11 is 0. The molecule has 0 saturated heterocycles. The van der Waals surface area contributed by atoms with Gasteiger partial charge in [-0.2, -0.15) is 0 Å². The molecule has 1 heterocycles. The van der Waals surface area contributed by atoms with Crippen LogP contribution < -0.4 is 10.6 Å². The zero-order valence-electron chi connectivity index (χ0n) is 13.7. The number of aliphatic hydroxyl groups is 1. The van der Waals surface area contributed by atoms with Crippen LogP contribution in [0.4, 0.5) is 5.69 Å². The number of amides is 2. The van der Waals surface area contributed by atoms with Crippen LogP contribution in [0.5, 0.6) is 0 Å². The number of nitrogens with one attached hydrogen (secondary N) is 2. The van der Waals surface area contributed by atoms with Crippen LogP contribution in [0, 0.1) is 6.92 Å². The summed E-state index contributed by atoms with van der Waals surface area (Å²) in [5.41, 5.74) is 2.11. The topological polar surface area (TPSA) is 91.3 Å². The Balaban J connectivity index is 2.16. The second kappa shape index (κ2) is 8.21. The van der Waals surface area contributed by atoms with E-state index in [-0.39, 0.29) is 24.5 Å². The maximum atomic E-state index is 12.2. The van der Waals surface area contributed by atoms with Crippen LogP contribution in [0.2, 0.25) is 0 Å². The lowest BCUT2D eigenvalue weighted by molar-refractivity contribution is 0.0914. The molecule has 0 aliphatic rings. The highest BCUT2D eigenvalue weighted by atomic mass is 16.3. The molecule has 1 atom stereocenters. The van der Waals surface area contributed by atoms with Crippen LogP contribution in [0.25, 0.3) is 0 Å². The molecule has 0 bridgehead atoms. The number of pyridine rings is 1. The zero-order valence-corrected chi connectivity index (χ0v) is 13.7. The third kappa shape index (κ3) is 4.39. The van der Waals surface area contributed by atoms with Gasteiger partial charge in [-0.05, 0) is 43.2 Å². The molecule has 0 fully saturated rings. The lowest BCUT2D eigenvalue weighted by Gasteiger charge is -2.15. The summed E-state index contributed by atoms with van der Waals surface area (Å²) in [5, 5.41) is 14.7. The highest BCUT2D eigenvalue weighted by molar-refractivity contribution is 6.04. The summed E-state index contributed by atoms with van der Waals surface area (Å²) in [4.78, 5) is 28.5. The van der Waals surface area contributed by atoms with Gasteiger partial charge in [0.15, 0.2) is 0 Å². The maximum absolute atomic E-state index is 12.2. The van der Waals surface area contributed by atoms with Gasteiger partial charge in [0.2, 0.25) is 0 Å². The average molecular weight is 327 g/mol. The molecule has 3 N–H and O–H groups in total. The van der Waals surface area contributed by atoms with E-state index in [0.717, 1.165) is 5.56 Å². The summed E-state index contributed by atoms with van der Waals surface area (Å²) in [6.45, 7) is 3.62. The molecule has 0 spiro atoms. The number of carbonyl (C=O) groups is 2. The number of hydrogen-bond acceptors (Lipinski definition) is 4. The van der Waals surface area contributed by atoms with Crippen molar-refractivity contribution in [1.82, 2.24) is 10.3 Å². The summed E-state index contributed by atoms with van der Waals surface area (Å²) in [5.74, 6) is -0.623. The Morgan fingerprint density at radius 3 is 2.62 bits per heavy atom. The number of aliphatic hydroxyl groups excluding tert-OH is 1. The van der Waals surface area contributed by atoms with Crippen LogP contribution in [0.15, 0.2) is 42.6 Å². The minimum Gasteiger partial charge on any atom is -0.394 e. The van der Waals surface area contributed by atoms with E-state index in [1.165, 1.54) is 0 Å². The molecule has 0 radical (unpaired) electrons. The smallest absolute Gasteiger partial charge is 0.274 e. The van der Waals surface area contributed by atoms with E-state index in [0.29, 0.717) is 23.4 Å². The Bertz CT molecular complexity index is 713. The van der Waals surface area contributed by atoms with E-state index in [1.807, 2.05) is 13.8 Å². The fourth-order valence-electron chi connectivity index (χ4n) is 2.13. The zero-order chi connectivity index (χ0) is 17.5. The van der Waals surface area contributed by atoms with Crippen LogP contribution in [0.3, 0.4) is 0 Å². The lowest BCUT2D eigenvalue weighted by atomic mass is 10.1. The second-order valence-corrected chi connectivity index (χ2v) is 5.46. The Morgan fingerprint density at radius 1 is 1.21 bits per heavy atom. The van der Waals surface area contributed by atoms with E-state index in [1.54, 1.807) is 42.6 Å². The van der Waals surface area contributed by atoms with Crippen molar-refractivity contribution in [2.24, 2.45) is 0 Å². The quantitative estimate of drug-likeness (QED) is 0.758. The highest BCUT2D eigenvalue weighted by Crippen LogP contribution is 2.18. The second-order valence-electron chi connectivity index (χ2n) is 5.46. The minimum absolute atomic E-state index is 0.114. The standard InChI is InChI=1S/C18H21N3O3/c1-3-14(11-22)20-17(23)13-8-7-12(2)16(10-13)21-18(24)15-6-4-5-9-19-15/h4-10,14,22H,3,11H2,1-2H3,(H,20,23)(H,21,24)/t14-/m0/s1. The number of aryl methyl sites for hydroxylation is 1. The third-order valence-corrected chi connectivity index (χ3v) is 3.69. The van der Waals surface area contributed by atoms with Crippen molar-refractivity contribution in [2.75, 3.05) is 11.9 Å². The Labute approximate surface area is 140 Å². The van der Waals surface area contributed by atoms with E-state index in [9.17, 15) is 14.7 Å². The molecule has 2 aromatic rings. The average Bonchev–Trinajstić information content (AvgIpc) is 2.61. The maximum Gasteiger partial charge on any atom is 0.274 e. The molecule has 2 amide bonds. The molecule has 0 aliphatic carbocycles. The fourth-order valence-corrected chi connectivity index (χ4v) is 2.13. The number of aromatic nitrogens is 1. The van der Waals surface area contributed by atoms with Crippen molar-refractivity contribution < 1.29 is 14.7 Å². The molecular formula is C18H21N3O3. The number of rotatable bonds is 6. The molecule has 0 unspecified atom stereocenters. The number of benzene rings is 1. The van der Waals surface area contributed by atoms with E-state index < -0.39 is 0 Å². The summed E-state index contributed by atoms with van der Waals surface area (Å²) in [7, 11) is 0. The SMILES string of the molecule is CC[C@@H](CO)NC(=O)c1ccc(C)c(NC(=O)c2ccccn2)c1. The largest absolute Gasteiger partial charge is 0.394 e. The predicted octanol–water partition coefficient (Wildman–Crippen LogP) is 2.14. The van der Waals surface area contributed by atoms with Crippen LogP contribution in [0.1, 0.15) is 39.8 Å². The summed E-state index contributed by atoms with van der Waals surface area (Å²) in [6, 6.07) is 9.87. The van der Waals surface area contributed by atoms with Gasteiger partial charge >= 0.3 is 0 Å². The molecule has 6 nitrogen and oxygen atoms in total. The summed E-state index contributed by atoms with van der Waals surface area (Å²) in [6.07, 6.45) is 2.18. The van der Waals surface area contributed by atoms with Gasteiger partial charge in [0, 0.05) is 17.4 Å². The molecule has 1 aromatic carbocycles. The van der Waals surface area contributed by atoms with Gasteiger partial charge in [0.1, 0.15) is 5.69 Å². The Hall–Kier alpha value is -2.73. The van der Waals surface area contributed by atoms with Crippen molar-refractivity contribution in [3.05, 3.63) is 59.4 Å². The van der Waals surface area contributed by atoms with Gasteiger partial charge in [-0.15, -0.1) is 0 Å². The first-order valence-corrected chi connectivity index (χ1v) is 7.80. The molecule has 6 heteroatoms. The first-order chi connectivity index (χ1) is 11.5. The van der Waals surface area contributed by atoms with Gasteiger partial charge in [0.25, 0.3) is 11.8 Å². The third-order valence-electron chi connectivity index (χ3n) is 3.69. The predicted molar refractivity (Wildman–Crippen MR) is 92.0 cm³/mol. The van der Waals surface area contributed by atoms with E-state index in [4.69, 9.17) is 0 Å². The van der Waals surface area contributed by atoms with Crippen molar-refractivity contribution in [1.29, 1.82) is 0 Å². The molecule has 126 valence electrons. The minimum atomic E-state index is -0.335. The lowest BCUT2D eigenvalue weighted by Crippen LogP contribution is -2.36. The normalized spacial score (nSPS) is 11.6. The van der Waals surface area contributed by atoms with Crippen LogP contribution in [-0.2, 0) is 0 Å². The van der Waals surface area contributed by atoms with Crippen molar-refractivity contribution in [3.63, 3.8) is 0 Å². The van der Waals surface area contributed by atoms with Crippen molar-refractivity contribution in [2.45, 2.75) is 26.3 Å². The molecule has 24 heavy (non-hydrogen) atoms. The van der Waals surface area contributed by atoms with Gasteiger partial charge in [-0.3, -0.25) is 14.6 Å². The molecule has 0 saturated carbocycles. The van der Waals surface area contributed by atoms with Crippen molar-refractivity contribution in [3.8, 4) is 0 Å². The molecular weight excluding hydrogens is 306 g/mol. The highest BCUT2D eigenvalue weighted by Gasteiger charge is 2.14. The first kappa shape index (κ1) is 17.6. The Morgan fingerprint density at radius 2 is 2.00 bits per heavy atom. The number of nitrogens with zero attached hydrogens (tertiary/aromatic N) is 1. The fraction of sp³-hybridized carbons (Fsp3) is 0.278. The molecule has 1 aromatic heterocycles. The monoisotopic (exact) mass is 327 g/mol. The summed E-state index contributed by atoms with van der Waals surface area (Å²) < 4.78 is 0. The number of carbonyl (C=O) groups excluding carboxylic acids is 2. The van der Waals surface area contributed by atoms with Gasteiger partial charge in [-0.1, -0.05) is 19.1 Å². The van der Waals surface area contributed by atoms with Gasteiger partial charge in [-0.25, -0.2) is 0 Å². The number of hydrogen-bond donors (Lipinski definition) is 3. The van der Waals surface area contributed by atoms with Gasteiger partial charge < -0.3 is 15.7 Å². The van der Waals surface area contributed by atoms with Crippen LogP contribution >= 0.6 is 0 Å². The molecule has 0 aliphatic heterocycles. The first-order valence-electron chi connectivity index (χ1n) is 7.80.